The molecule has 112 valence electrons. The summed E-state index contributed by atoms with van der Waals surface area (Å²) in [5.74, 6) is 0.884. The van der Waals surface area contributed by atoms with E-state index < -0.39 is 0 Å². The average molecular weight is 280 g/mol. The van der Waals surface area contributed by atoms with Gasteiger partial charge in [-0.2, -0.15) is 0 Å². The molecule has 0 radical (unpaired) electrons. The molecule has 1 saturated heterocycles. The maximum Gasteiger partial charge on any atom is 0.245 e. The molecule has 1 N–H and O–H groups in total. The Hall–Kier alpha value is -1.10. The molecule has 3 aliphatic rings. The number of aliphatic hydroxyl groups is 1. The van der Waals surface area contributed by atoms with E-state index in [-0.39, 0.29) is 29.9 Å². The Kier molecular flexibility index (Phi) is 3.71. The Labute approximate surface area is 119 Å². The quantitative estimate of drug-likeness (QED) is 0.821. The van der Waals surface area contributed by atoms with Crippen molar-refractivity contribution in [1.29, 1.82) is 0 Å². The summed E-state index contributed by atoms with van der Waals surface area (Å²) in [6.45, 7) is 1.44. The predicted molar refractivity (Wildman–Crippen MR) is 73.8 cm³/mol. The van der Waals surface area contributed by atoms with Crippen LogP contribution in [-0.4, -0.2) is 59.0 Å². The third kappa shape index (κ3) is 2.68. The second kappa shape index (κ2) is 5.35. The molecule has 1 atom stereocenters. The van der Waals surface area contributed by atoms with Gasteiger partial charge in [-0.15, -0.1) is 0 Å². The highest BCUT2D eigenvalue weighted by Crippen LogP contribution is 2.34. The van der Waals surface area contributed by atoms with E-state index in [1.165, 1.54) is 0 Å². The van der Waals surface area contributed by atoms with Crippen molar-refractivity contribution >= 4 is 11.8 Å². The van der Waals surface area contributed by atoms with Crippen molar-refractivity contribution in [2.75, 3.05) is 20.1 Å². The molecule has 3 rings (SSSR count). The molecule has 1 aliphatic heterocycles. The summed E-state index contributed by atoms with van der Waals surface area (Å²) >= 11 is 0. The zero-order valence-electron chi connectivity index (χ0n) is 12.1. The fourth-order valence-corrected chi connectivity index (χ4v) is 3.43. The van der Waals surface area contributed by atoms with Gasteiger partial charge >= 0.3 is 0 Å². The van der Waals surface area contributed by atoms with Crippen LogP contribution in [0, 0.1) is 11.8 Å². The van der Waals surface area contributed by atoms with Crippen molar-refractivity contribution in [3.63, 3.8) is 0 Å². The summed E-state index contributed by atoms with van der Waals surface area (Å²) in [5.41, 5.74) is 0. The fourth-order valence-electron chi connectivity index (χ4n) is 3.43. The molecule has 1 heterocycles. The average Bonchev–Trinajstić information content (AvgIpc) is 3.12. The molecule has 5 nitrogen and oxygen atoms in total. The Morgan fingerprint density at radius 1 is 1.25 bits per heavy atom. The molecule has 3 fully saturated rings. The maximum absolute atomic E-state index is 12.5. The third-order valence-electron chi connectivity index (χ3n) is 4.87. The van der Waals surface area contributed by atoms with E-state index in [4.69, 9.17) is 0 Å². The summed E-state index contributed by atoms with van der Waals surface area (Å²) in [5, 5.41) is 9.31. The zero-order valence-corrected chi connectivity index (χ0v) is 12.1. The number of carbonyl (C=O) groups excluding carboxylic acids is 2. The van der Waals surface area contributed by atoms with E-state index in [1.807, 2.05) is 11.9 Å². The van der Waals surface area contributed by atoms with E-state index >= 15 is 0 Å². The molecule has 20 heavy (non-hydrogen) atoms. The van der Waals surface area contributed by atoms with Crippen LogP contribution in [0.5, 0.6) is 0 Å². The lowest BCUT2D eigenvalue weighted by Crippen LogP contribution is -2.49. The standard InChI is InChI=1S/C15H24N2O3/c1-16(9-10-7-12(18)8-10)15(20)13-3-2-6-17(13)14(19)11-4-5-11/h10-13,18H,2-9H2,1H3. The number of hydrogen-bond donors (Lipinski definition) is 1. The van der Waals surface area contributed by atoms with Gasteiger partial charge in [-0.1, -0.05) is 0 Å². The monoisotopic (exact) mass is 280 g/mol. The molecule has 2 amide bonds. The van der Waals surface area contributed by atoms with Crippen LogP contribution >= 0.6 is 0 Å². The summed E-state index contributed by atoms with van der Waals surface area (Å²) in [7, 11) is 1.82. The summed E-state index contributed by atoms with van der Waals surface area (Å²) in [6.07, 6.45) is 5.14. The number of likely N-dealkylation sites (N-methyl/N-ethyl adjacent to an activating group) is 1. The normalized spacial score (nSPS) is 32.9. The fraction of sp³-hybridized carbons (Fsp3) is 0.867. The van der Waals surface area contributed by atoms with Crippen LogP contribution in [-0.2, 0) is 9.59 Å². The highest BCUT2D eigenvalue weighted by molar-refractivity contribution is 5.89. The molecule has 1 unspecified atom stereocenters. The lowest BCUT2D eigenvalue weighted by Gasteiger charge is -2.36. The van der Waals surface area contributed by atoms with Crippen molar-refractivity contribution in [3.05, 3.63) is 0 Å². The van der Waals surface area contributed by atoms with Gasteiger partial charge in [-0.05, 0) is 44.4 Å². The molecule has 2 aliphatic carbocycles. The van der Waals surface area contributed by atoms with Crippen LogP contribution in [0.15, 0.2) is 0 Å². The Bertz CT molecular complexity index is 402. The molecular weight excluding hydrogens is 256 g/mol. The van der Waals surface area contributed by atoms with Crippen LogP contribution in [0.25, 0.3) is 0 Å². The lowest BCUT2D eigenvalue weighted by molar-refractivity contribution is -0.144. The first-order valence-electron chi connectivity index (χ1n) is 7.79. The van der Waals surface area contributed by atoms with Gasteiger partial charge in [0.05, 0.1) is 6.10 Å². The van der Waals surface area contributed by atoms with E-state index in [0.717, 1.165) is 45.1 Å². The van der Waals surface area contributed by atoms with Crippen molar-refractivity contribution < 1.29 is 14.7 Å². The second-order valence-corrected chi connectivity index (χ2v) is 6.67. The molecule has 5 heteroatoms. The number of aliphatic hydroxyl groups excluding tert-OH is 1. The van der Waals surface area contributed by atoms with Gasteiger partial charge < -0.3 is 14.9 Å². The SMILES string of the molecule is CN(CC1CC(O)C1)C(=O)C1CCCN1C(=O)C1CC1. The summed E-state index contributed by atoms with van der Waals surface area (Å²) < 4.78 is 0. The molecule has 0 bridgehead atoms. The topological polar surface area (TPSA) is 60.9 Å². The minimum Gasteiger partial charge on any atom is -0.393 e. The number of likely N-dealkylation sites (tertiary alicyclic amines) is 1. The van der Waals surface area contributed by atoms with Crippen molar-refractivity contribution in [2.45, 2.75) is 50.7 Å². The molecule has 0 aromatic heterocycles. The predicted octanol–water partition coefficient (Wildman–Crippen LogP) is 0.617. The third-order valence-corrected chi connectivity index (χ3v) is 4.87. The first-order valence-corrected chi connectivity index (χ1v) is 7.79. The van der Waals surface area contributed by atoms with Crippen molar-refractivity contribution in [3.8, 4) is 0 Å². The minimum atomic E-state index is -0.238. The second-order valence-electron chi connectivity index (χ2n) is 6.67. The van der Waals surface area contributed by atoms with E-state index in [2.05, 4.69) is 0 Å². The van der Waals surface area contributed by atoms with Gasteiger partial charge in [0.2, 0.25) is 11.8 Å². The van der Waals surface area contributed by atoms with Crippen LogP contribution in [0.2, 0.25) is 0 Å². The van der Waals surface area contributed by atoms with Crippen LogP contribution in [0.1, 0.15) is 38.5 Å². The highest BCUT2D eigenvalue weighted by Gasteiger charge is 2.42. The first-order chi connectivity index (χ1) is 9.56. The Morgan fingerprint density at radius 2 is 1.95 bits per heavy atom. The lowest BCUT2D eigenvalue weighted by atomic mass is 9.82. The molecule has 2 saturated carbocycles. The van der Waals surface area contributed by atoms with E-state index in [0.29, 0.717) is 12.5 Å². The van der Waals surface area contributed by atoms with Gasteiger partial charge in [0.25, 0.3) is 0 Å². The van der Waals surface area contributed by atoms with Crippen LogP contribution in [0.4, 0.5) is 0 Å². The largest absolute Gasteiger partial charge is 0.393 e. The van der Waals surface area contributed by atoms with E-state index in [9.17, 15) is 14.7 Å². The number of rotatable bonds is 4. The highest BCUT2D eigenvalue weighted by atomic mass is 16.3. The molecule has 0 aromatic carbocycles. The van der Waals surface area contributed by atoms with Crippen LogP contribution in [0.3, 0.4) is 0 Å². The molecular formula is C15H24N2O3. The van der Waals surface area contributed by atoms with Gasteiger partial charge in [0.1, 0.15) is 6.04 Å². The van der Waals surface area contributed by atoms with Crippen molar-refractivity contribution in [1.82, 2.24) is 9.80 Å². The number of amides is 2. The van der Waals surface area contributed by atoms with Gasteiger partial charge in [-0.25, -0.2) is 0 Å². The van der Waals surface area contributed by atoms with Gasteiger partial charge in [0.15, 0.2) is 0 Å². The van der Waals surface area contributed by atoms with Crippen LogP contribution < -0.4 is 0 Å². The van der Waals surface area contributed by atoms with Gasteiger partial charge in [0, 0.05) is 26.1 Å². The minimum absolute atomic E-state index is 0.0814. The smallest absolute Gasteiger partial charge is 0.245 e. The van der Waals surface area contributed by atoms with Crippen molar-refractivity contribution in [2.24, 2.45) is 11.8 Å². The zero-order chi connectivity index (χ0) is 14.3. The Balaban J connectivity index is 1.55. The first kappa shape index (κ1) is 13.9. The molecule has 0 spiro atoms. The maximum atomic E-state index is 12.5. The number of hydrogen-bond acceptors (Lipinski definition) is 3. The number of carbonyl (C=O) groups is 2. The summed E-state index contributed by atoms with van der Waals surface area (Å²) in [4.78, 5) is 28.3. The molecule has 0 aromatic rings. The Morgan fingerprint density at radius 3 is 2.55 bits per heavy atom. The van der Waals surface area contributed by atoms with Gasteiger partial charge in [-0.3, -0.25) is 9.59 Å². The summed E-state index contributed by atoms with van der Waals surface area (Å²) in [6, 6.07) is -0.238. The van der Waals surface area contributed by atoms with E-state index in [1.54, 1.807) is 4.90 Å². The number of nitrogens with zero attached hydrogens (tertiary/aromatic N) is 2.